The third-order valence-electron chi connectivity index (χ3n) is 3.48. The molecule has 0 atom stereocenters. The molecule has 1 heterocycles. The van der Waals surface area contributed by atoms with Crippen LogP contribution < -0.4 is 15.4 Å². The van der Waals surface area contributed by atoms with Crippen LogP contribution in [0.3, 0.4) is 0 Å². The zero-order valence-electron chi connectivity index (χ0n) is 14.5. The lowest BCUT2D eigenvalue weighted by atomic mass is 10.1. The molecule has 1 amide bonds. The van der Waals surface area contributed by atoms with Gasteiger partial charge in [-0.15, -0.1) is 0 Å². The second-order valence-electron chi connectivity index (χ2n) is 5.92. The number of ether oxygens (including phenoxy) is 1. The van der Waals surface area contributed by atoms with Gasteiger partial charge in [-0.25, -0.2) is 4.98 Å². The summed E-state index contributed by atoms with van der Waals surface area (Å²) < 4.78 is 5.59. The van der Waals surface area contributed by atoms with Crippen LogP contribution in [0.4, 0.5) is 11.5 Å². The second-order valence-corrected chi connectivity index (χ2v) is 5.92. The molecule has 24 heavy (non-hydrogen) atoms. The normalized spacial score (nSPS) is 10.5. The highest BCUT2D eigenvalue weighted by Crippen LogP contribution is 2.26. The van der Waals surface area contributed by atoms with E-state index in [-0.39, 0.29) is 5.91 Å². The third-order valence-corrected chi connectivity index (χ3v) is 3.48. The van der Waals surface area contributed by atoms with Gasteiger partial charge in [-0.1, -0.05) is 26.0 Å². The molecular weight excluding hydrogens is 302 g/mol. The number of amides is 1. The van der Waals surface area contributed by atoms with Gasteiger partial charge in [0.25, 0.3) is 5.91 Å². The summed E-state index contributed by atoms with van der Waals surface area (Å²) in [5.41, 5.74) is 1.41. The van der Waals surface area contributed by atoms with E-state index in [1.807, 2.05) is 31.2 Å². The predicted octanol–water partition coefficient (Wildman–Crippen LogP) is 4.00. The Kier molecular flexibility index (Phi) is 6.61. The molecule has 2 rings (SSSR count). The summed E-state index contributed by atoms with van der Waals surface area (Å²) in [7, 11) is 0. The number of aromatic nitrogens is 1. The van der Waals surface area contributed by atoms with Crippen LogP contribution >= 0.6 is 0 Å². The Bertz CT molecular complexity index is 671. The van der Waals surface area contributed by atoms with Crippen molar-refractivity contribution in [3.8, 4) is 5.75 Å². The molecule has 1 aromatic carbocycles. The molecule has 5 heteroatoms. The summed E-state index contributed by atoms with van der Waals surface area (Å²) in [6, 6.07) is 11.1. The van der Waals surface area contributed by atoms with Crippen molar-refractivity contribution in [1.29, 1.82) is 0 Å². The quantitative estimate of drug-likeness (QED) is 0.769. The molecule has 0 aliphatic heterocycles. The minimum absolute atomic E-state index is 0.0841. The van der Waals surface area contributed by atoms with Crippen molar-refractivity contribution >= 4 is 17.4 Å². The number of rotatable bonds is 8. The highest BCUT2D eigenvalue weighted by Gasteiger charge is 2.08. The number of anilines is 2. The molecule has 0 saturated carbocycles. The lowest BCUT2D eigenvalue weighted by molar-refractivity contribution is 0.0952. The molecule has 0 radical (unpaired) electrons. The standard InChI is InChI=1S/C19H25N3O2/c1-4-24-17-8-6-5-7-16(17)22-18-13-15(10-12-20-18)19(23)21-11-9-14(2)3/h5-8,10,12-14H,4,9,11H2,1-3H3,(H,20,22)(H,21,23). The highest BCUT2D eigenvalue weighted by atomic mass is 16.5. The SMILES string of the molecule is CCOc1ccccc1Nc1cc(C(=O)NCCC(C)C)ccn1. The second kappa shape index (κ2) is 8.91. The van der Waals surface area contributed by atoms with Crippen LogP contribution in [0.5, 0.6) is 5.75 Å². The minimum atomic E-state index is -0.0841. The van der Waals surface area contributed by atoms with E-state index in [1.165, 1.54) is 0 Å². The molecule has 0 aliphatic carbocycles. The zero-order chi connectivity index (χ0) is 17.4. The van der Waals surface area contributed by atoms with Crippen molar-refractivity contribution in [2.24, 2.45) is 5.92 Å². The maximum atomic E-state index is 12.2. The van der Waals surface area contributed by atoms with E-state index >= 15 is 0 Å². The topological polar surface area (TPSA) is 63.2 Å². The number of benzene rings is 1. The van der Waals surface area contributed by atoms with Crippen molar-refractivity contribution in [2.45, 2.75) is 27.2 Å². The number of carbonyl (C=O) groups excluding carboxylic acids is 1. The van der Waals surface area contributed by atoms with Crippen LogP contribution in [0.25, 0.3) is 0 Å². The first-order valence-electron chi connectivity index (χ1n) is 8.33. The first kappa shape index (κ1) is 17.8. The maximum Gasteiger partial charge on any atom is 0.251 e. The number of para-hydroxylation sites is 2. The summed E-state index contributed by atoms with van der Waals surface area (Å²) in [6.45, 7) is 7.48. The molecule has 1 aromatic heterocycles. The Morgan fingerprint density at radius 3 is 2.79 bits per heavy atom. The van der Waals surface area contributed by atoms with Crippen LogP contribution in [0.1, 0.15) is 37.6 Å². The molecule has 0 unspecified atom stereocenters. The van der Waals surface area contributed by atoms with Crippen LogP contribution in [0.15, 0.2) is 42.6 Å². The molecule has 2 aromatic rings. The molecule has 0 aliphatic rings. The summed E-state index contributed by atoms with van der Waals surface area (Å²) in [4.78, 5) is 16.5. The number of nitrogens with zero attached hydrogens (tertiary/aromatic N) is 1. The third kappa shape index (κ3) is 5.26. The van der Waals surface area contributed by atoms with Gasteiger partial charge in [0.05, 0.1) is 12.3 Å². The Hall–Kier alpha value is -2.56. The Morgan fingerprint density at radius 1 is 1.25 bits per heavy atom. The molecule has 0 saturated heterocycles. The smallest absolute Gasteiger partial charge is 0.251 e. The van der Waals surface area contributed by atoms with Crippen molar-refractivity contribution in [3.05, 3.63) is 48.2 Å². The fraction of sp³-hybridized carbons (Fsp3) is 0.368. The monoisotopic (exact) mass is 327 g/mol. The molecule has 0 fully saturated rings. The number of carbonyl (C=O) groups is 1. The van der Waals surface area contributed by atoms with Gasteiger partial charge >= 0.3 is 0 Å². The molecule has 0 spiro atoms. The number of hydrogen-bond donors (Lipinski definition) is 2. The molecular formula is C19H25N3O2. The van der Waals surface area contributed by atoms with Crippen molar-refractivity contribution in [3.63, 3.8) is 0 Å². The fourth-order valence-electron chi connectivity index (χ4n) is 2.21. The molecule has 5 nitrogen and oxygen atoms in total. The van der Waals surface area contributed by atoms with Crippen molar-refractivity contribution in [2.75, 3.05) is 18.5 Å². The van der Waals surface area contributed by atoms with Gasteiger partial charge < -0.3 is 15.4 Å². The van der Waals surface area contributed by atoms with Crippen LogP contribution in [0.2, 0.25) is 0 Å². The number of hydrogen-bond acceptors (Lipinski definition) is 4. The van der Waals surface area contributed by atoms with E-state index in [9.17, 15) is 4.79 Å². The van der Waals surface area contributed by atoms with Gasteiger partial charge in [-0.2, -0.15) is 0 Å². The predicted molar refractivity (Wildman–Crippen MR) is 96.9 cm³/mol. The average Bonchev–Trinajstić information content (AvgIpc) is 2.57. The zero-order valence-corrected chi connectivity index (χ0v) is 14.5. The molecule has 128 valence electrons. The largest absolute Gasteiger partial charge is 0.492 e. The first-order valence-corrected chi connectivity index (χ1v) is 8.33. The van der Waals surface area contributed by atoms with E-state index in [1.54, 1.807) is 18.3 Å². The van der Waals surface area contributed by atoms with Crippen molar-refractivity contribution < 1.29 is 9.53 Å². The number of nitrogens with one attached hydrogen (secondary N) is 2. The summed E-state index contributed by atoms with van der Waals surface area (Å²) in [6.07, 6.45) is 2.59. The van der Waals surface area contributed by atoms with Gasteiger partial charge in [0.2, 0.25) is 0 Å². The average molecular weight is 327 g/mol. The maximum absolute atomic E-state index is 12.2. The van der Waals surface area contributed by atoms with Crippen LogP contribution in [-0.2, 0) is 0 Å². The molecule has 2 N–H and O–H groups in total. The molecule has 0 bridgehead atoms. The first-order chi connectivity index (χ1) is 11.6. The minimum Gasteiger partial charge on any atom is -0.492 e. The van der Waals surface area contributed by atoms with Gasteiger partial charge in [0.15, 0.2) is 0 Å². The Labute approximate surface area is 143 Å². The summed E-state index contributed by atoms with van der Waals surface area (Å²) in [5.74, 6) is 1.85. The van der Waals surface area contributed by atoms with Gasteiger partial charge in [-0.05, 0) is 43.5 Å². The summed E-state index contributed by atoms with van der Waals surface area (Å²) in [5, 5.41) is 6.14. The van der Waals surface area contributed by atoms with E-state index in [2.05, 4.69) is 29.5 Å². The lowest BCUT2D eigenvalue weighted by Gasteiger charge is -2.12. The van der Waals surface area contributed by atoms with Gasteiger partial charge in [0.1, 0.15) is 11.6 Å². The van der Waals surface area contributed by atoms with Gasteiger partial charge in [0, 0.05) is 18.3 Å². The lowest BCUT2D eigenvalue weighted by Crippen LogP contribution is -2.25. The Balaban J connectivity index is 2.06. The van der Waals surface area contributed by atoms with Crippen LogP contribution in [0, 0.1) is 5.92 Å². The Morgan fingerprint density at radius 2 is 2.04 bits per heavy atom. The number of pyridine rings is 1. The van der Waals surface area contributed by atoms with Crippen molar-refractivity contribution in [1.82, 2.24) is 10.3 Å². The summed E-state index contributed by atoms with van der Waals surface area (Å²) >= 11 is 0. The highest BCUT2D eigenvalue weighted by molar-refractivity contribution is 5.94. The fourth-order valence-corrected chi connectivity index (χ4v) is 2.21. The van der Waals surface area contributed by atoms with E-state index in [0.29, 0.717) is 30.5 Å². The van der Waals surface area contributed by atoms with Gasteiger partial charge in [-0.3, -0.25) is 4.79 Å². The van der Waals surface area contributed by atoms with E-state index in [0.717, 1.165) is 17.9 Å². The van der Waals surface area contributed by atoms with E-state index in [4.69, 9.17) is 4.74 Å². The van der Waals surface area contributed by atoms with Crippen LogP contribution in [-0.4, -0.2) is 24.0 Å². The van der Waals surface area contributed by atoms with E-state index < -0.39 is 0 Å².